The molecule has 0 spiro atoms. The zero-order valence-corrected chi connectivity index (χ0v) is 26.1. The number of benzene rings is 2. The fourth-order valence-corrected chi connectivity index (χ4v) is 7.83. The summed E-state index contributed by atoms with van der Waals surface area (Å²) in [6, 6.07) is 2.95. The second kappa shape index (κ2) is 12.0. The highest BCUT2D eigenvalue weighted by Gasteiger charge is 2.40. The van der Waals surface area contributed by atoms with Gasteiger partial charge in [0.05, 0.1) is 16.1 Å². The van der Waals surface area contributed by atoms with E-state index in [0.717, 1.165) is 23.9 Å². The van der Waals surface area contributed by atoms with Crippen molar-refractivity contribution >= 4 is 46.0 Å². The Kier molecular flexibility index (Phi) is 8.30. The van der Waals surface area contributed by atoms with Crippen molar-refractivity contribution in [2.24, 2.45) is 0 Å². The Balaban J connectivity index is 1.66. The van der Waals surface area contributed by atoms with E-state index >= 15 is 4.39 Å². The third-order valence-corrected chi connectivity index (χ3v) is 9.76. The summed E-state index contributed by atoms with van der Waals surface area (Å²) in [4.78, 5) is 42.6. The molecule has 1 amide bonds. The van der Waals surface area contributed by atoms with Gasteiger partial charge in [-0.25, -0.2) is 23.5 Å². The summed E-state index contributed by atoms with van der Waals surface area (Å²) in [5.41, 5.74) is -2.94. The van der Waals surface area contributed by atoms with Crippen LogP contribution in [-0.4, -0.2) is 61.3 Å². The first-order chi connectivity index (χ1) is 21.8. The average Bonchev–Trinajstić information content (AvgIpc) is 3.21. The fourth-order valence-electron chi connectivity index (χ4n) is 6.32. The van der Waals surface area contributed by atoms with Crippen LogP contribution in [-0.2, 0) is 17.5 Å². The monoisotopic (exact) mass is 676 g/mol. The summed E-state index contributed by atoms with van der Waals surface area (Å²) in [7, 11) is 0. The number of hydrogen-bond donors (Lipinski definition) is 0. The zero-order valence-electron chi connectivity index (χ0n) is 24.5. The van der Waals surface area contributed by atoms with Crippen molar-refractivity contribution in [1.29, 1.82) is 0 Å². The van der Waals surface area contributed by atoms with Gasteiger partial charge >= 0.3 is 11.9 Å². The number of rotatable bonds is 4. The molecule has 46 heavy (non-hydrogen) atoms. The molecule has 1 saturated heterocycles. The van der Waals surface area contributed by atoms with Crippen molar-refractivity contribution in [1.82, 2.24) is 24.4 Å². The molecule has 0 unspecified atom stereocenters. The summed E-state index contributed by atoms with van der Waals surface area (Å²) >= 11 is 6.96. The smallest absolute Gasteiger partial charge is 0.352 e. The predicted octanol–water partition coefficient (Wildman–Crippen LogP) is 6.31. The summed E-state index contributed by atoms with van der Waals surface area (Å²) in [6.07, 6.45) is -0.767. The third-order valence-electron chi connectivity index (χ3n) is 8.21. The number of hydrogen-bond acceptors (Lipinski definition) is 7. The molecule has 6 rings (SSSR count). The highest BCUT2D eigenvalue weighted by atomic mass is 35.5. The van der Waals surface area contributed by atoms with Gasteiger partial charge in [0.1, 0.15) is 23.3 Å². The molecule has 2 aliphatic heterocycles. The molecule has 2 aliphatic rings. The fraction of sp³-hybridized carbons (Fsp3) is 0.323. The number of alkyl halides is 3. The summed E-state index contributed by atoms with van der Waals surface area (Å²) in [5.74, 6) is -2.68. The maximum atomic E-state index is 15.4. The molecule has 2 aromatic carbocycles. The van der Waals surface area contributed by atoms with Crippen LogP contribution in [0.15, 0.2) is 59.0 Å². The van der Waals surface area contributed by atoms with Crippen LogP contribution in [0.1, 0.15) is 31.2 Å². The number of anilines is 1. The highest BCUT2D eigenvalue weighted by Crippen LogP contribution is 2.50. The molecule has 2 aromatic heterocycles. The largest absolute Gasteiger partial charge is 0.417 e. The Hall–Kier alpha value is -4.04. The van der Waals surface area contributed by atoms with Crippen molar-refractivity contribution in [2.45, 2.75) is 49.5 Å². The zero-order chi connectivity index (χ0) is 33.1. The molecular weight excluding hydrogens is 651 g/mol. The molecule has 3 atom stereocenters. The van der Waals surface area contributed by atoms with Crippen LogP contribution in [0.4, 0.5) is 27.8 Å². The van der Waals surface area contributed by atoms with Gasteiger partial charge in [0.2, 0.25) is 5.91 Å². The first-order valence-electron chi connectivity index (χ1n) is 14.2. The molecule has 8 nitrogen and oxygen atoms in total. The van der Waals surface area contributed by atoms with E-state index in [1.165, 1.54) is 23.0 Å². The van der Waals surface area contributed by atoms with Gasteiger partial charge in [-0.1, -0.05) is 18.2 Å². The van der Waals surface area contributed by atoms with Crippen LogP contribution in [0.5, 0.6) is 0 Å². The quantitative estimate of drug-likeness (QED) is 0.142. The van der Waals surface area contributed by atoms with E-state index in [2.05, 4.69) is 21.5 Å². The SMILES string of the molecule is C=CC(=O)N1[C@H](C)CN(c2nc(=O)n3c4c(c(-c5cc(Cl)c(F)cc5F)c(C(F)(F)F)cc24)SC[C@@H](c2ncccn2)C3)C[C@@H]1C. The topological polar surface area (TPSA) is 84.2 Å². The molecule has 0 N–H and O–H groups in total. The van der Waals surface area contributed by atoms with E-state index in [9.17, 15) is 27.2 Å². The van der Waals surface area contributed by atoms with Crippen molar-refractivity contribution in [3.63, 3.8) is 0 Å². The number of amides is 1. The maximum Gasteiger partial charge on any atom is 0.417 e. The van der Waals surface area contributed by atoms with E-state index < -0.39 is 63.2 Å². The number of nitrogens with zero attached hydrogens (tertiary/aromatic N) is 6. The Morgan fingerprint density at radius 3 is 2.37 bits per heavy atom. The first kappa shape index (κ1) is 31.9. The minimum absolute atomic E-state index is 0.00609. The van der Waals surface area contributed by atoms with Gasteiger partial charge in [-0.2, -0.15) is 18.2 Å². The number of piperazine rings is 1. The van der Waals surface area contributed by atoms with E-state index in [1.807, 2.05) is 0 Å². The van der Waals surface area contributed by atoms with E-state index in [4.69, 9.17) is 11.6 Å². The van der Waals surface area contributed by atoms with Crippen LogP contribution in [0.3, 0.4) is 0 Å². The molecule has 240 valence electrons. The second-order valence-electron chi connectivity index (χ2n) is 11.3. The molecule has 0 saturated carbocycles. The molecular formula is C31H26ClF5N6O2S. The number of carbonyl (C=O) groups is 1. The Labute approximate surface area is 268 Å². The van der Waals surface area contributed by atoms with E-state index in [0.29, 0.717) is 11.9 Å². The van der Waals surface area contributed by atoms with Gasteiger partial charge in [0.25, 0.3) is 0 Å². The Morgan fingerprint density at radius 2 is 1.74 bits per heavy atom. The van der Waals surface area contributed by atoms with Gasteiger partial charge in [0, 0.05) is 83.3 Å². The number of carbonyl (C=O) groups excluding carboxylic acids is 1. The lowest BCUT2D eigenvalue weighted by Crippen LogP contribution is -2.58. The molecule has 15 heteroatoms. The lowest BCUT2D eigenvalue weighted by molar-refractivity contribution is -0.137. The van der Waals surface area contributed by atoms with E-state index in [1.54, 1.807) is 29.7 Å². The van der Waals surface area contributed by atoms with E-state index in [-0.39, 0.29) is 52.9 Å². The predicted molar refractivity (Wildman–Crippen MR) is 165 cm³/mol. The summed E-state index contributed by atoms with van der Waals surface area (Å²) in [5, 5.41) is -0.543. The highest BCUT2D eigenvalue weighted by molar-refractivity contribution is 7.99. The Bertz CT molecular complexity index is 1930. The Morgan fingerprint density at radius 1 is 1.07 bits per heavy atom. The summed E-state index contributed by atoms with van der Waals surface area (Å²) < 4.78 is 75.9. The number of aromatic nitrogens is 4. The van der Waals surface area contributed by atoms with Gasteiger partial charge < -0.3 is 9.80 Å². The lowest BCUT2D eigenvalue weighted by Gasteiger charge is -2.44. The third kappa shape index (κ3) is 5.51. The van der Waals surface area contributed by atoms with Gasteiger partial charge in [-0.15, -0.1) is 11.8 Å². The van der Waals surface area contributed by atoms with Crippen molar-refractivity contribution < 1.29 is 26.7 Å². The molecule has 0 aliphatic carbocycles. The van der Waals surface area contributed by atoms with Crippen molar-refractivity contribution in [3.05, 3.63) is 87.8 Å². The molecule has 4 aromatic rings. The molecule has 1 fully saturated rings. The van der Waals surface area contributed by atoms with Crippen LogP contribution >= 0.6 is 23.4 Å². The van der Waals surface area contributed by atoms with Crippen LogP contribution in [0.25, 0.3) is 22.0 Å². The number of thioether (sulfide) groups is 1. The van der Waals surface area contributed by atoms with Crippen molar-refractivity contribution in [2.75, 3.05) is 23.7 Å². The van der Waals surface area contributed by atoms with Crippen LogP contribution in [0, 0.1) is 11.6 Å². The number of halogens is 6. The van der Waals surface area contributed by atoms with Crippen molar-refractivity contribution in [3.8, 4) is 11.1 Å². The molecule has 4 heterocycles. The molecule has 0 radical (unpaired) electrons. The average molecular weight is 677 g/mol. The standard InChI is InChI=1S/C31H26ClF5N6O2S/c1-4-24(44)43-15(2)11-41(12-16(43)3)29-19-8-20(31(35,36)37)25(18-9-21(32)23(34)10-22(18)33)27-26(19)42(30(45)40-29)13-17(14-46-27)28-38-6-5-7-39-28/h4-10,15-17H,1,11-14H2,2-3H3/t15-,16+,17-/m0/s1. The maximum absolute atomic E-state index is 15.4. The van der Waals surface area contributed by atoms with Crippen LogP contribution in [0.2, 0.25) is 5.02 Å². The minimum atomic E-state index is -5.00. The summed E-state index contributed by atoms with van der Waals surface area (Å²) in [6.45, 7) is 7.45. The molecule has 0 bridgehead atoms. The first-order valence-corrected chi connectivity index (χ1v) is 15.6. The normalized spacial score (nSPS) is 20.1. The van der Waals surface area contributed by atoms with Crippen LogP contribution < -0.4 is 10.6 Å². The van der Waals surface area contributed by atoms with Gasteiger partial charge in [-0.3, -0.25) is 9.36 Å². The van der Waals surface area contributed by atoms with Gasteiger partial charge in [0.15, 0.2) is 0 Å². The van der Waals surface area contributed by atoms with Gasteiger partial charge in [-0.05, 0) is 38.1 Å². The second-order valence-corrected chi connectivity index (χ2v) is 12.7. The lowest BCUT2D eigenvalue weighted by atomic mass is 9.95. The minimum Gasteiger partial charge on any atom is -0.352 e.